The number of nitrogens with one attached hydrogen (secondary N) is 1. The van der Waals surface area contributed by atoms with E-state index in [1.165, 1.54) is 0 Å². The molecule has 0 spiro atoms. The van der Waals surface area contributed by atoms with Gasteiger partial charge in [-0.25, -0.2) is 9.59 Å². The third kappa shape index (κ3) is 84.6. The molecule has 0 rings (SSSR count). The first-order valence-electron chi connectivity index (χ1n) is 2.52. The van der Waals surface area contributed by atoms with Crippen molar-refractivity contribution in [2.24, 2.45) is 11.5 Å². The summed E-state index contributed by atoms with van der Waals surface area (Å²) in [5, 5.41) is 9.54. The highest BCUT2D eigenvalue weighted by atomic mass is 16.4. The maximum Gasteiger partial charge on any atom is 0.402 e. The average molecular weight is 149 g/mol. The van der Waals surface area contributed by atoms with Gasteiger partial charge in [-0.05, 0) is 6.92 Å². The number of hydrogen-bond acceptors (Lipinski definition) is 2. The highest BCUT2D eigenvalue weighted by Gasteiger charge is 1.79. The van der Waals surface area contributed by atoms with Crippen molar-refractivity contribution in [3.05, 3.63) is 0 Å². The molecule has 0 radical (unpaired) electrons. The second kappa shape index (κ2) is 7.54. The number of nitrogens with two attached hydrogens (primary N) is 2. The fourth-order valence-corrected chi connectivity index (χ4v) is 0.174. The van der Waals surface area contributed by atoms with Gasteiger partial charge in [-0.15, -0.1) is 0 Å². The van der Waals surface area contributed by atoms with Crippen LogP contribution in [0, 0.1) is 0 Å². The molecule has 0 aliphatic carbocycles. The summed E-state index contributed by atoms with van der Waals surface area (Å²) in [7, 11) is 0. The van der Waals surface area contributed by atoms with Gasteiger partial charge in [-0.2, -0.15) is 0 Å². The third-order valence-corrected chi connectivity index (χ3v) is 0.351. The fourth-order valence-electron chi connectivity index (χ4n) is 0.174. The highest BCUT2D eigenvalue weighted by molar-refractivity contribution is 5.71. The Hall–Kier alpha value is -1.46. The molecule has 0 saturated carbocycles. The van der Waals surface area contributed by atoms with Crippen molar-refractivity contribution < 1.29 is 14.7 Å². The van der Waals surface area contributed by atoms with Crippen LogP contribution in [0.15, 0.2) is 0 Å². The van der Waals surface area contributed by atoms with Gasteiger partial charge in [0.1, 0.15) is 0 Å². The normalized spacial score (nSPS) is 6.90. The first-order chi connectivity index (χ1) is 4.50. The molecule has 0 saturated heterocycles. The van der Waals surface area contributed by atoms with Crippen molar-refractivity contribution in [3.63, 3.8) is 0 Å². The summed E-state index contributed by atoms with van der Waals surface area (Å²) in [5.74, 6) is 0. The number of carboxylic acid groups (broad SMARTS) is 1. The molecule has 3 amide bonds. The Kier molecular flexibility index (Phi) is 8.56. The molecule has 0 aromatic carbocycles. The second-order valence-corrected chi connectivity index (χ2v) is 1.23. The lowest BCUT2D eigenvalue weighted by molar-refractivity contribution is 0.205. The first kappa shape index (κ1) is 11.4. The summed E-state index contributed by atoms with van der Waals surface area (Å²) in [6, 6.07) is -0.461. The van der Waals surface area contributed by atoms with Gasteiger partial charge in [0.15, 0.2) is 0 Å². The van der Waals surface area contributed by atoms with Gasteiger partial charge >= 0.3 is 12.1 Å². The zero-order chi connectivity index (χ0) is 8.57. The molecule has 0 atom stereocenters. The minimum absolute atomic E-state index is 0.461. The number of amides is 3. The van der Waals surface area contributed by atoms with Gasteiger partial charge in [0.25, 0.3) is 0 Å². The van der Waals surface area contributed by atoms with Crippen LogP contribution >= 0.6 is 0 Å². The molecule has 0 bridgehead atoms. The molecule has 6 nitrogen and oxygen atoms in total. The van der Waals surface area contributed by atoms with Gasteiger partial charge in [-0.1, -0.05) is 0 Å². The number of hydrogen-bond donors (Lipinski definition) is 4. The summed E-state index contributed by atoms with van der Waals surface area (Å²) >= 11 is 0. The lowest BCUT2D eigenvalue weighted by Gasteiger charge is -1.88. The standard InChI is InChI=1S/C3H8N2O.CH3NO2/c1-2-5-3(4)6;2-1(3)4/h2H2,1H3,(H3,4,5,6);2H2,(H,3,4). The van der Waals surface area contributed by atoms with E-state index in [2.05, 4.69) is 16.8 Å². The molecule has 0 aromatic heterocycles. The molecule has 6 N–H and O–H groups in total. The van der Waals surface area contributed by atoms with Gasteiger partial charge in [0.2, 0.25) is 0 Å². The van der Waals surface area contributed by atoms with E-state index in [-0.39, 0.29) is 0 Å². The van der Waals surface area contributed by atoms with E-state index < -0.39 is 12.1 Å². The molecule has 0 unspecified atom stereocenters. The van der Waals surface area contributed by atoms with Crippen molar-refractivity contribution in [1.82, 2.24) is 5.32 Å². The molecule has 6 heteroatoms. The number of primary amides is 2. The molecule has 60 valence electrons. The fraction of sp³-hybridized carbons (Fsp3) is 0.500. The topological polar surface area (TPSA) is 118 Å². The number of urea groups is 1. The van der Waals surface area contributed by atoms with Crippen molar-refractivity contribution in [3.8, 4) is 0 Å². The largest absolute Gasteiger partial charge is 0.465 e. The maximum absolute atomic E-state index is 9.71. The van der Waals surface area contributed by atoms with Crippen molar-refractivity contribution in [2.45, 2.75) is 6.92 Å². The van der Waals surface area contributed by atoms with Crippen LogP contribution in [-0.2, 0) is 0 Å². The Morgan fingerprint density at radius 2 is 1.80 bits per heavy atom. The molecule has 0 heterocycles. The van der Waals surface area contributed by atoms with E-state index in [0.717, 1.165) is 0 Å². The van der Waals surface area contributed by atoms with Crippen LogP contribution in [0.3, 0.4) is 0 Å². The quantitative estimate of drug-likeness (QED) is 0.394. The van der Waals surface area contributed by atoms with Crippen LogP contribution in [0.2, 0.25) is 0 Å². The Labute approximate surface area is 58.2 Å². The summed E-state index contributed by atoms with van der Waals surface area (Å²) in [4.78, 5) is 18.5. The minimum atomic E-state index is -1.33. The maximum atomic E-state index is 9.71. The Bertz CT molecular complexity index is 110. The lowest BCUT2D eigenvalue weighted by atomic mass is 10.7. The number of rotatable bonds is 1. The van der Waals surface area contributed by atoms with Gasteiger partial charge in [-0.3, -0.25) is 0 Å². The second-order valence-electron chi connectivity index (χ2n) is 1.23. The van der Waals surface area contributed by atoms with Crippen LogP contribution in [0.4, 0.5) is 9.59 Å². The molecule has 0 aromatic rings. The lowest BCUT2D eigenvalue weighted by Crippen LogP contribution is -2.28. The van der Waals surface area contributed by atoms with E-state index in [1.807, 2.05) is 6.92 Å². The van der Waals surface area contributed by atoms with Crippen LogP contribution in [0.1, 0.15) is 6.92 Å². The molecular formula is C4H11N3O3. The van der Waals surface area contributed by atoms with E-state index in [1.54, 1.807) is 0 Å². The SMILES string of the molecule is CCNC(N)=O.NC(=O)O. The Morgan fingerprint density at radius 1 is 1.50 bits per heavy atom. The van der Waals surface area contributed by atoms with Gasteiger partial charge < -0.3 is 21.9 Å². The van der Waals surface area contributed by atoms with Crippen molar-refractivity contribution in [2.75, 3.05) is 6.54 Å². The van der Waals surface area contributed by atoms with E-state index in [9.17, 15) is 4.79 Å². The zero-order valence-corrected chi connectivity index (χ0v) is 5.63. The van der Waals surface area contributed by atoms with Crippen LogP contribution in [-0.4, -0.2) is 23.8 Å². The Morgan fingerprint density at radius 3 is 1.80 bits per heavy atom. The van der Waals surface area contributed by atoms with E-state index >= 15 is 0 Å². The summed E-state index contributed by atoms with van der Waals surface area (Å²) in [6.07, 6.45) is -1.33. The van der Waals surface area contributed by atoms with Crippen molar-refractivity contribution in [1.29, 1.82) is 0 Å². The molecule has 10 heavy (non-hydrogen) atoms. The van der Waals surface area contributed by atoms with E-state index in [0.29, 0.717) is 6.54 Å². The number of carbonyl (C=O) groups excluding carboxylic acids is 1. The van der Waals surface area contributed by atoms with Crippen LogP contribution in [0.5, 0.6) is 0 Å². The predicted octanol–water partition coefficient (Wildman–Crippen LogP) is -0.702. The monoisotopic (exact) mass is 149 g/mol. The van der Waals surface area contributed by atoms with Gasteiger partial charge in [0, 0.05) is 6.54 Å². The molecule has 0 aliphatic heterocycles. The summed E-state index contributed by atoms with van der Waals surface area (Å²) in [6.45, 7) is 2.42. The predicted molar refractivity (Wildman–Crippen MR) is 35.5 cm³/mol. The highest BCUT2D eigenvalue weighted by Crippen LogP contribution is 1.49. The first-order valence-corrected chi connectivity index (χ1v) is 2.52. The average Bonchev–Trinajstić information content (AvgIpc) is 1.62. The van der Waals surface area contributed by atoms with E-state index in [4.69, 9.17) is 9.90 Å². The zero-order valence-electron chi connectivity index (χ0n) is 5.63. The Balaban J connectivity index is 0. The third-order valence-electron chi connectivity index (χ3n) is 0.351. The smallest absolute Gasteiger partial charge is 0.402 e. The minimum Gasteiger partial charge on any atom is -0.465 e. The summed E-state index contributed by atoms with van der Waals surface area (Å²) < 4.78 is 0. The van der Waals surface area contributed by atoms with Crippen molar-refractivity contribution >= 4 is 12.1 Å². The summed E-state index contributed by atoms with van der Waals surface area (Å²) in [5.41, 5.74) is 8.68. The van der Waals surface area contributed by atoms with Crippen LogP contribution in [0.25, 0.3) is 0 Å². The molecular weight excluding hydrogens is 138 g/mol. The van der Waals surface area contributed by atoms with Crippen LogP contribution < -0.4 is 16.8 Å². The molecule has 0 aliphatic rings. The molecule has 0 fully saturated rings. The number of carbonyl (C=O) groups is 2. The van der Waals surface area contributed by atoms with Gasteiger partial charge in [0.05, 0.1) is 0 Å².